The summed E-state index contributed by atoms with van der Waals surface area (Å²) in [7, 11) is 0. The molecule has 2 heteroatoms. The Morgan fingerprint density at radius 1 is 0.842 bits per heavy atom. The second kappa shape index (κ2) is 4.30. The second-order valence-electron chi connectivity index (χ2n) is 4.93. The summed E-state index contributed by atoms with van der Waals surface area (Å²) >= 11 is 0. The van der Waals surface area contributed by atoms with Crippen LogP contribution in [-0.2, 0) is 6.42 Å². The normalized spacial score (nSPS) is 11.4. The highest BCUT2D eigenvalue weighted by atomic mass is 19.2. The van der Waals surface area contributed by atoms with Gasteiger partial charge in [-0.3, -0.25) is 0 Å². The van der Waals surface area contributed by atoms with Crippen molar-refractivity contribution in [2.45, 2.75) is 20.3 Å². The van der Waals surface area contributed by atoms with Crippen LogP contribution in [0.4, 0.5) is 8.78 Å². The molecule has 0 N–H and O–H groups in total. The van der Waals surface area contributed by atoms with E-state index in [1.807, 2.05) is 18.2 Å². The lowest BCUT2D eigenvalue weighted by Gasteiger charge is -2.07. The number of hydrogen-bond donors (Lipinski definition) is 0. The number of benzene rings is 3. The molecule has 0 radical (unpaired) electrons. The van der Waals surface area contributed by atoms with Crippen molar-refractivity contribution in [2.24, 2.45) is 0 Å². The monoisotopic (exact) mass is 256 g/mol. The van der Waals surface area contributed by atoms with Gasteiger partial charge in [0.25, 0.3) is 0 Å². The van der Waals surface area contributed by atoms with E-state index in [9.17, 15) is 8.78 Å². The highest BCUT2D eigenvalue weighted by Crippen LogP contribution is 2.28. The highest BCUT2D eigenvalue weighted by Gasteiger charge is 2.11. The SMILES string of the molecule is CCc1ccc2cc3cc(C)c(F)c(F)c3cc2c1. The summed E-state index contributed by atoms with van der Waals surface area (Å²) in [5.41, 5.74) is 1.54. The summed E-state index contributed by atoms with van der Waals surface area (Å²) in [5, 5.41) is 3.10. The molecule has 96 valence electrons. The zero-order valence-corrected chi connectivity index (χ0v) is 10.9. The fourth-order valence-corrected chi connectivity index (χ4v) is 2.48. The third kappa shape index (κ3) is 1.88. The van der Waals surface area contributed by atoms with Crippen LogP contribution in [0.1, 0.15) is 18.1 Å². The molecule has 3 aromatic rings. The quantitative estimate of drug-likeness (QED) is 0.529. The Kier molecular flexibility index (Phi) is 2.74. The van der Waals surface area contributed by atoms with Crippen molar-refractivity contribution in [3.8, 4) is 0 Å². The minimum Gasteiger partial charge on any atom is -0.203 e. The van der Waals surface area contributed by atoms with E-state index in [1.165, 1.54) is 5.56 Å². The van der Waals surface area contributed by atoms with Crippen LogP contribution < -0.4 is 0 Å². The third-order valence-corrected chi connectivity index (χ3v) is 3.63. The number of hydrogen-bond acceptors (Lipinski definition) is 0. The molecule has 0 fully saturated rings. The van der Waals surface area contributed by atoms with Gasteiger partial charge in [0.15, 0.2) is 11.6 Å². The molecule has 0 bridgehead atoms. The Morgan fingerprint density at radius 3 is 2.37 bits per heavy atom. The minimum atomic E-state index is -0.751. The van der Waals surface area contributed by atoms with Crippen LogP contribution in [0.3, 0.4) is 0 Å². The fraction of sp³-hybridized carbons (Fsp3) is 0.176. The second-order valence-corrected chi connectivity index (χ2v) is 4.93. The van der Waals surface area contributed by atoms with Crippen molar-refractivity contribution in [3.05, 3.63) is 59.2 Å². The van der Waals surface area contributed by atoms with Crippen molar-refractivity contribution in [2.75, 3.05) is 0 Å². The molecule has 3 aromatic carbocycles. The Hall–Kier alpha value is -1.96. The van der Waals surface area contributed by atoms with Crippen LogP contribution in [0.15, 0.2) is 36.4 Å². The summed E-state index contributed by atoms with van der Waals surface area (Å²) in [5.74, 6) is -1.50. The summed E-state index contributed by atoms with van der Waals surface area (Å²) in [6.45, 7) is 3.66. The molecule has 0 saturated heterocycles. The van der Waals surface area contributed by atoms with Crippen LogP contribution in [0.2, 0.25) is 0 Å². The summed E-state index contributed by atoms with van der Waals surface area (Å²) in [6.07, 6.45) is 0.929. The number of fused-ring (bicyclic) bond motifs is 2. The zero-order valence-electron chi connectivity index (χ0n) is 10.9. The largest absolute Gasteiger partial charge is 0.203 e. The van der Waals surface area contributed by atoms with Crippen molar-refractivity contribution >= 4 is 21.5 Å². The van der Waals surface area contributed by atoms with Crippen LogP contribution >= 0.6 is 0 Å². The zero-order chi connectivity index (χ0) is 13.6. The maximum atomic E-state index is 14.0. The van der Waals surface area contributed by atoms with Gasteiger partial charge in [-0.25, -0.2) is 8.78 Å². The Labute approximate surface area is 110 Å². The molecule has 0 aliphatic rings. The standard InChI is InChI=1S/C17H14F2/c1-3-11-4-5-12-8-14-6-10(2)16(18)17(19)15(14)9-13(12)7-11/h4-9H,3H2,1-2H3. The molecule has 0 atom stereocenters. The molecule has 0 heterocycles. The topological polar surface area (TPSA) is 0 Å². The van der Waals surface area contributed by atoms with Crippen LogP contribution in [-0.4, -0.2) is 0 Å². The molecule has 0 unspecified atom stereocenters. The van der Waals surface area contributed by atoms with Crippen LogP contribution in [0.25, 0.3) is 21.5 Å². The van der Waals surface area contributed by atoms with E-state index >= 15 is 0 Å². The van der Waals surface area contributed by atoms with Gasteiger partial charge in [0.1, 0.15) is 0 Å². The van der Waals surface area contributed by atoms with Crippen LogP contribution in [0, 0.1) is 18.6 Å². The van der Waals surface area contributed by atoms with Crippen molar-refractivity contribution in [3.63, 3.8) is 0 Å². The average Bonchev–Trinajstić information content (AvgIpc) is 2.43. The summed E-state index contributed by atoms with van der Waals surface area (Å²) in [4.78, 5) is 0. The molecule has 0 aliphatic heterocycles. The van der Waals surface area contributed by atoms with E-state index in [4.69, 9.17) is 0 Å². The number of rotatable bonds is 1. The molecule has 3 rings (SSSR count). The maximum absolute atomic E-state index is 14.0. The van der Waals surface area contributed by atoms with E-state index in [0.717, 1.165) is 22.6 Å². The van der Waals surface area contributed by atoms with E-state index in [0.29, 0.717) is 10.9 Å². The van der Waals surface area contributed by atoms with Gasteiger partial charge in [-0.15, -0.1) is 0 Å². The van der Waals surface area contributed by atoms with Gasteiger partial charge in [-0.05, 0) is 58.8 Å². The van der Waals surface area contributed by atoms with E-state index in [1.54, 1.807) is 19.1 Å². The van der Waals surface area contributed by atoms with Gasteiger partial charge in [0.05, 0.1) is 0 Å². The Bertz CT molecular complexity index is 788. The van der Waals surface area contributed by atoms with Crippen molar-refractivity contribution in [1.29, 1.82) is 0 Å². The summed E-state index contributed by atoms with van der Waals surface area (Å²) in [6, 6.07) is 11.5. The van der Waals surface area contributed by atoms with Gasteiger partial charge in [0, 0.05) is 5.39 Å². The van der Waals surface area contributed by atoms with Gasteiger partial charge >= 0.3 is 0 Å². The number of aryl methyl sites for hydroxylation is 2. The first kappa shape index (κ1) is 12.1. The van der Waals surface area contributed by atoms with E-state index < -0.39 is 11.6 Å². The lowest BCUT2D eigenvalue weighted by Crippen LogP contribution is -1.91. The first-order chi connectivity index (χ1) is 9.10. The fourth-order valence-electron chi connectivity index (χ4n) is 2.48. The molecule has 0 spiro atoms. The lowest BCUT2D eigenvalue weighted by atomic mass is 9.99. The highest BCUT2D eigenvalue weighted by molar-refractivity contribution is 5.99. The smallest absolute Gasteiger partial charge is 0.166 e. The molecule has 0 amide bonds. The maximum Gasteiger partial charge on any atom is 0.166 e. The predicted octanol–water partition coefficient (Wildman–Crippen LogP) is 5.14. The first-order valence-corrected chi connectivity index (χ1v) is 6.41. The Morgan fingerprint density at radius 2 is 1.63 bits per heavy atom. The molecule has 0 saturated carbocycles. The van der Waals surface area contributed by atoms with Gasteiger partial charge in [-0.1, -0.05) is 25.1 Å². The number of halogens is 2. The molecule has 0 nitrogen and oxygen atoms in total. The minimum absolute atomic E-state index is 0.342. The molecular weight excluding hydrogens is 242 g/mol. The first-order valence-electron chi connectivity index (χ1n) is 6.41. The lowest BCUT2D eigenvalue weighted by molar-refractivity contribution is 0.511. The molecular formula is C17H14F2. The average molecular weight is 256 g/mol. The molecule has 19 heavy (non-hydrogen) atoms. The molecule has 0 aliphatic carbocycles. The van der Waals surface area contributed by atoms with Crippen molar-refractivity contribution < 1.29 is 8.78 Å². The van der Waals surface area contributed by atoms with Crippen molar-refractivity contribution in [1.82, 2.24) is 0 Å². The van der Waals surface area contributed by atoms with Crippen LogP contribution in [0.5, 0.6) is 0 Å². The third-order valence-electron chi connectivity index (χ3n) is 3.63. The molecule has 0 aromatic heterocycles. The van der Waals surface area contributed by atoms with Gasteiger partial charge in [-0.2, -0.15) is 0 Å². The van der Waals surface area contributed by atoms with Gasteiger partial charge < -0.3 is 0 Å². The summed E-state index contributed by atoms with van der Waals surface area (Å²) < 4.78 is 27.6. The Balaban J connectivity index is 2.42. The van der Waals surface area contributed by atoms with E-state index in [-0.39, 0.29) is 0 Å². The predicted molar refractivity (Wildman–Crippen MR) is 75.5 cm³/mol. The van der Waals surface area contributed by atoms with E-state index in [2.05, 4.69) is 13.0 Å². The van der Waals surface area contributed by atoms with Gasteiger partial charge in [0.2, 0.25) is 0 Å².